The molecule has 0 saturated carbocycles. The van der Waals surface area contributed by atoms with Crippen LogP contribution in [0, 0.1) is 6.92 Å². The molecule has 1 aliphatic rings. The molecule has 1 aromatic carbocycles. The first kappa shape index (κ1) is 16.6. The monoisotopic (exact) mass is 359 g/mol. The van der Waals surface area contributed by atoms with Crippen LogP contribution in [0.3, 0.4) is 0 Å². The highest BCUT2D eigenvalue weighted by atomic mass is 19.4. The van der Waals surface area contributed by atoms with Gasteiger partial charge in [-0.1, -0.05) is 18.2 Å². The molecule has 1 aliphatic heterocycles. The molecular formula is C19H16F3N3O. The van der Waals surface area contributed by atoms with Crippen LogP contribution in [0.5, 0.6) is 0 Å². The van der Waals surface area contributed by atoms with E-state index in [1.807, 2.05) is 24.3 Å². The normalized spacial score (nSPS) is 14.5. The predicted octanol–water partition coefficient (Wildman–Crippen LogP) is 4.25. The van der Waals surface area contributed by atoms with Gasteiger partial charge in [-0.15, -0.1) is 0 Å². The number of pyridine rings is 1. The molecule has 1 amide bonds. The maximum absolute atomic E-state index is 13.2. The van der Waals surface area contributed by atoms with Crippen molar-refractivity contribution in [2.24, 2.45) is 0 Å². The maximum atomic E-state index is 13.2. The van der Waals surface area contributed by atoms with Gasteiger partial charge in [-0.25, -0.2) is 4.98 Å². The van der Waals surface area contributed by atoms with E-state index in [0.717, 1.165) is 36.4 Å². The molecule has 0 aliphatic carbocycles. The van der Waals surface area contributed by atoms with Crippen molar-refractivity contribution < 1.29 is 18.0 Å². The van der Waals surface area contributed by atoms with E-state index in [2.05, 4.69) is 4.98 Å². The fraction of sp³-hybridized carbons (Fsp3) is 0.263. The van der Waals surface area contributed by atoms with E-state index < -0.39 is 11.7 Å². The summed E-state index contributed by atoms with van der Waals surface area (Å²) in [5, 5.41) is 0. The molecule has 3 aromatic rings. The van der Waals surface area contributed by atoms with Crippen molar-refractivity contribution in [3.63, 3.8) is 0 Å². The van der Waals surface area contributed by atoms with Crippen LogP contribution in [0.2, 0.25) is 0 Å². The molecule has 0 N–H and O–H groups in total. The number of alkyl halides is 3. The Morgan fingerprint density at radius 1 is 1.15 bits per heavy atom. The van der Waals surface area contributed by atoms with Gasteiger partial charge in [-0.3, -0.25) is 9.20 Å². The minimum atomic E-state index is -4.48. The summed E-state index contributed by atoms with van der Waals surface area (Å²) in [6.07, 6.45) is -1.85. The van der Waals surface area contributed by atoms with Crippen LogP contribution < -0.4 is 4.90 Å². The highest BCUT2D eigenvalue weighted by Gasteiger charge is 2.32. The Bertz CT molecular complexity index is 1010. The fourth-order valence-corrected chi connectivity index (χ4v) is 3.46. The number of carbonyl (C=O) groups is 1. The van der Waals surface area contributed by atoms with Crippen LogP contribution in [-0.4, -0.2) is 21.8 Å². The molecule has 0 saturated heterocycles. The van der Waals surface area contributed by atoms with Gasteiger partial charge in [0.1, 0.15) is 11.3 Å². The van der Waals surface area contributed by atoms with Gasteiger partial charge in [0, 0.05) is 18.4 Å². The number of benzene rings is 1. The van der Waals surface area contributed by atoms with E-state index in [9.17, 15) is 18.0 Å². The Morgan fingerprint density at radius 2 is 1.92 bits per heavy atom. The minimum absolute atomic E-state index is 0.169. The number of aromatic nitrogens is 2. The Balaban J connectivity index is 1.84. The number of carbonyl (C=O) groups excluding carboxylic acids is 1. The number of fused-ring (bicyclic) bond motifs is 2. The number of halogens is 3. The highest BCUT2D eigenvalue weighted by molar-refractivity contribution is 6.07. The minimum Gasteiger partial charge on any atom is -0.307 e. The first-order valence-corrected chi connectivity index (χ1v) is 8.32. The molecular weight excluding hydrogens is 343 g/mol. The number of para-hydroxylation sites is 1. The molecule has 3 heterocycles. The van der Waals surface area contributed by atoms with Crippen LogP contribution in [0.4, 0.5) is 18.9 Å². The van der Waals surface area contributed by atoms with Gasteiger partial charge in [0.2, 0.25) is 0 Å². The summed E-state index contributed by atoms with van der Waals surface area (Å²) in [4.78, 5) is 19.1. The maximum Gasteiger partial charge on any atom is 0.417 e. The van der Waals surface area contributed by atoms with Crippen molar-refractivity contribution in [3.8, 4) is 0 Å². The smallest absolute Gasteiger partial charge is 0.307 e. The number of aryl methyl sites for hydroxylation is 2. The fourth-order valence-electron chi connectivity index (χ4n) is 3.46. The second kappa shape index (κ2) is 5.86. The van der Waals surface area contributed by atoms with E-state index in [0.29, 0.717) is 17.9 Å². The lowest BCUT2D eigenvalue weighted by Gasteiger charge is -2.29. The molecule has 0 fully saturated rings. The van der Waals surface area contributed by atoms with Gasteiger partial charge in [-0.05, 0) is 43.5 Å². The third-order valence-electron chi connectivity index (χ3n) is 4.68. The van der Waals surface area contributed by atoms with Crippen LogP contribution in [0.15, 0.2) is 42.6 Å². The lowest BCUT2D eigenvalue weighted by molar-refractivity contribution is -0.137. The molecule has 0 bridgehead atoms. The van der Waals surface area contributed by atoms with Crippen molar-refractivity contribution in [2.45, 2.75) is 25.9 Å². The van der Waals surface area contributed by atoms with Gasteiger partial charge in [0.15, 0.2) is 0 Å². The number of anilines is 1. The van der Waals surface area contributed by atoms with Crippen LogP contribution in [0.1, 0.15) is 33.7 Å². The van der Waals surface area contributed by atoms with E-state index in [1.165, 1.54) is 10.5 Å². The Morgan fingerprint density at radius 3 is 2.69 bits per heavy atom. The SMILES string of the molecule is Cc1nc2ccc(C(F)(F)F)cn2c1C(=O)N1CCCc2ccccc21. The van der Waals surface area contributed by atoms with E-state index in [4.69, 9.17) is 0 Å². The van der Waals surface area contributed by atoms with Crippen LogP contribution >= 0.6 is 0 Å². The summed E-state index contributed by atoms with van der Waals surface area (Å²) >= 11 is 0. The quantitative estimate of drug-likeness (QED) is 0.651. The first-order chi connectivity index (χ1) is 12.4. The number of hydrogen-bond donors (Lipinski definition) is 0. The van der Waals surface area contributed by atoms with Gasteiger partial charge in [0.25, 0.3) is 5.91 Å². The third-order valence-corrected chi connectivity index (χ3v) is 4.68. The topological polar surface area (TPSA) is 37.6 Å². The average molecular weight is 359 g/mol. The molecule has 0 spiro atoms. The predicted molar refractivity (Wildman–Crippen MR) is 91.4 cm³/mol. The van der Waals surface area contributed by atoms with Gasteiger partial charge in [0.05, 0.1) is 11.3 Å². The second-order valence-electron chi connectivity index (χ2n) is 6.38. The van der Waals surface area contributed by atoms with Crippen molar-refractivity contribution in [1.29, 1.82) is 0 Å². The standard InChI is InChI=1S/C19H16F3N3O/c1-12-17(25-11-14(19(20,21)22)8-9-16(25)23-12)18(26)24-10-4-6-13-5-2-3-7-15(13)24/h2-3,5,7-9,11H,4,6,10H2,1H3. The number of amides is 1. The Kier molecular flexibility index (Phi) is 3.75. The lowest BCUT2D eigenvalue weighted by Crippen LogP contribution is -2.36. The Labute approximate surface area is 147 Å². The van der Waals surface area contributed by atoms with Crippen molar-refractivity contribution in [2.75, 3.05) is 11.4 Å². The second-order valence-corrected chi connectivity index (χ2v) is 6.38. The third kappa shape index (κ3) is 2.64. The summed E-state index contributed by atoms with van der Waals surface area (Å²) in [6.45, 7) is 2.17. The van der Waals surface area contributed by atoms with Crippen molar-refractivity contribution in [1.82, 2.24) is 9.38 Å². The lowest BCUT2D eigenvalue weighted by atomic mass is 10.0. The largest absolute Gasteiger partial charge is 0.417 e. The van der Waals surface area contributed by atoms with E-state index in [-0.39, 0.29) is 11.6 Å². The van der Waals surface area contributed by atoms with Crippen LogP contribution in [0.25, 0.3) is 5.65 Å². The first-order valence-electron chi connectivity index (χ1n) is 8.32. The average Bonchev–Trinajstić information content (AvgIpc) is 2.94. The van der Waals surface area contributed by atoms with Gasteiger partial charge in [-0.2, -0.15) is 13.2 Å². The van der Waals surface area contributed by atoms with Gasteiger partial charge < -0.3 is 4.90 Å². The number of imidazole rings is 1. The Hall–Kier alpha value is -2.83. The summed E-state index contributed by atoms with van der Waals surface area (Å²) in [5.41, 5.74) is 1.97. The summed E-state index contributed by atoms with van der Waals surface area (Å²) < 4.78 is 40.5. The van der Waals surface area contributed by atoms with E-state index >= 15 is 0 Å². The molecule has 4 rings (SSSR count). The molecule has 0 unspecified atom stereocenters. The van der Waals surface area contributed by atoms with Gasteiger partial charge >= 0.3 is 6.18 Å². The van der Waals surface area contributed by atoms with Crippen molar-refractivity contribution >= 4 is 17.2 Å². The summed E-state index contributed by atoms with van der Waals surface area (Å²) in [7, 11) is 0. The zero-order valence-electron chi connectivity index (χ0n) is 14.0. The highest BCUT2D eigenvalue weighted by Crippen LogP contribution is 2.31. The number of nitrogens with zero attached hydrogens (tertiary/aromatic N) is 3. The molecule has 134 valence electrons. The summed E-state index contributed by atoms with van der Waals surface area (Å²) in [5.74, 6) is -0.332. The molecule has 0 atom stereocenters. The zero-order valence-corrected chi connectivity index (χ0v) is 14.0. The molecule has 7 heteroatoms. The van der Waals surface area contributed by atoms with E-state index in [1.54, 1.807) is 11.8 Å². The number of rotatable bonds is 1. The van der Waals surface area contributed by atoms with Crippen molar-refractivity contribution in [3.05, 3.63) is 65.1 Å². The molecule has 2 aromatic heterocycles. The van der Waals surface area contributed by atoms with Crippen LogP contribution in [-0.2, 0) is 12.6 Å². The molecule has 26 heavy (non-hydrogen) atoms. The zero-order chi connectivity index (χ0) is 18.5. The summed E-state index contributed by atoms with van der Waals surface area (Å²) in [6, 6.07) is 9.88. The molecule has 4 nitrogen and oxygen atoms in total. The molecule has 0 radical (unpaired) electrons. The number of hydrogen-bond acceptors (Lipinski definition) is 2.